The van der Waals surface area contributed by atoms with Crippen molar-refractivity contribution in [2.75, 3.05) is 13.7 Å². The molecule has 6 heteroatoms. The van der Waals surface area contributed by atoms with Crippen LogP contribution in [0.1, 0.15) is 22.3 Å². The van der Waals surface area contributed by atoms with Crippen molar-refractivity contribution in [3.05, 3.63) is 33.7 Å². The fourth-order valence-electron chi connectivity index (χ4n) is 1.26. The van der Waals surface area contributed by atoms with Crippen LogP contribution >= 0.6 is 0 Å². The van der Waals surface area contributed by atoms with Gasteiger partial charge in [0.15, 0.2) is 11.5 Å². The number of methoxy groups -OCH3 is 1. The number of carbonyl (C=O) groups excluding carboxylic acids is 1. The second-order valence-corrected chi connectivity index (χ2v) is 3.24. The quantitative estimate of drug-likeness (QED) is 0.220. The lowest BCUT2D eigenvalue weighted by Gasteiger charge is -2.05. The van der Waals surface area contributed by atoms with Crippen LogP contribution < -0.4 is 4.74 Å². The number of benzene rings is 1. The highest BCUT2D eigenvalue weighted by molar-refractivity contribution is 5.78. The molecule has 0 aliphatic rings. The Morgan fingerprint density at radius 3 is 3.00 bits per heavy atom. The van der Waals surface area contributed by atoms with Gasteiger partial charge in [-0.05, 0) is 17.7 Å². The van der Waals surface area contributed by atoms with Crippen LogP contribution in [0.5, 0.6) is 11.5 Å². The third-order valence-corrected chi connectivity index (χ3v) is 2.08. The Hall–Kier alpha value is -2.64. The van der Waals surface area contributed by atoms with E-state index in [1.807, 2.05) is 0 Å². The minimum absolute atomic E-state index is 0.112. The van der Waals surface area contributed by atoms with Gasteiger partial charge in [0, 0.05) is 23.4 Å². The van der Waals surface area contributed by atoms with E-state index in [1.54, 1.807) is 0 Å². The number of phenolic OH excluding ortho intramolecular Hbond substituents is 1. The Morgan fingerprint density at radius 1 is 1.61 bits per heavy atom. The fourth-order valence-corrected chi connectivity index (χ4v) is 1.26. The zero-order chi connectivity index (χ0) is 13.4. The fraction of sp³-hybridized carbons (Fsp3) is 0.250. The smallest absolute Gasteiger partial charge is 0.173 e. The standard InChI is InChI=1S/C12H11N3O3/c1-18-11-7-9(8-16)6-10(12(11)17)4-2-3-5-14-15-13/h6-8,17H,3,5H2,1H3. The van der Waals surface area contributed by atoms with Crippen LogP contribution in [0.3, 0.4) is 0 Å². The van der Waals surface area contributed by atoms with Gasteiger partial charge in [-0.1, -0.05) is 17.0 Å². The molecule has 0 fully saturated rings. The van der Waals surface area contributed by atoms with Crippen LogP contribution in [0.2, 0.25) is 0 Å². The number of hydrogen-bond donors (Lipinski definition) is 1. The third-order valence-electron chi connectivity index (χ3n) is 2.08. The van der Waals surface area contributed by atoms with Crippen molar-refractivity contribution in [1.29, 1.82) is 0 Å². The van der Waals surface area contributed by atoms with E-state index in [0.29, 0.717) is 23.8 Å². The topological polar surface area (TPSA) is 95.3 Å². The minimum atomic E-state index is -0.112. The number of hydrogen-bond acceptors (Lipinski definition) is 4. The lowest BCUT2D eigenvalue weighted by atomic mass is 10.1. The summed E-state index contributed by atoms with van der Waals surface area (Å²) < 4.78 is 4.93. The molecule has 0 amide bonds. The molecule has 0 aliphatic heterocycles. The Kier molecular flexibility index (Phi) is 5.10. The molecule has 0 heterocycles. The molecule has 92 valence electrons. The Bertz CT molecular complexity index is 552. The van der Waals surface area contributed by atoms with Crippen LogP contribution in [0.15, 0.2) is 17.2 Å². The van der Waals surface area contributed by atoms with E-state index < -0.39 is 0 Å². The monoisotopic (exact) mass is 245 g/mol. The average molecular weight is 245 g/mol. The van der Waals surface area contributed by atoms with Gasteiger partial charge in [-0.3, -0.25) is 4.79 Å². The third kappa shape index (κ3) is 3.44. The highest BCUT2D eigenvalue weighted by Gasteiger charge is 2.08. The molecule has 0 bridgehead atoms. The first-order valence-corrected chi connectivity index (χ1v) is 5.08. The number of phenols is 1. The summed E-state index contributed by atoms with van der Waals surface area (Å²) in [6, 6.07) is 2.89. The van der Waals surface area contributed by atoms with E-state index in [-0.39, 0.29) is 18.0 Å². The number of rotatable bonds is 4. The predicted molar refractivity (Wildman–Crippen MR) is 65.6 cm³/mol. The largest absolute Gasteiger partial charge is 0.503 e. The summed E-state index contributed by atoms with van der Waals surface area (Å²) in [4.78, 5) is 13.3. The summed E-state index contributed by atoms with van der Waals surface area (Å²) >= 11 is 0. The van der Waals surface area contributed by atoms with Crippen LogP contribution in [-0.4, -0.2) is 25.0 Å². The number of aldehydes is 1. The lowest BCUT2D eigenvalue weighted by molar-refractivity contribution is 0.112. The van der Waals surface area contributed by atoms with E-state index in [9.17, 15) is 9.90 Å². The normalized spacial score (nSPS) is 8.72. The van der Waals surface area contributed by atoms with Gasteiger partial charge in [0.25, 0.3) is 0 Å². The molecule has 0 spiro atoms. The molecule has 0 saturated carbocycles. The molecule has 1 N–H and O–H groups in total. The molecule has 0 radical (unpaired) electrons. The van der Waals surface area contributed by atoms with E-state index in [1.165, 1.54) is 19.2 Å². The molecule has 0 aromatic heterocycles. The summed E-state index contributed by atoms with van der Waals surface area (Å²) in [5.74, 6) is 5.51. The van der Waals surface area contributed by atoms with Gasteiger partial charge in [-0.2, -0.15) is 0 Å². The van der Waals surface area contributed by atoms with Gasteiger partial charge in [0.05, 0.1) is 12.7 Å². The molecule has 0 atom stereocenters. The van der Waals surface area contributed by atoms with E-state index >= 15 is 0 Å². The predicted octanol–water partition coefficient (Wildman–Crippen LogP) is 2.27. The maximum absolute atomic E-state index is 10.7. The number of carbonyl (C=O) groups is 1. The summed E-state index contributed by atoms with van der Waals surface area (Å²) in [6.07, 6.45) is 1.02. The van der Waals surface area contributed by atoms with Gasteiger partial charge >= 0.3 is 0 Å². The van der Waals surface area contributed by atoms with Crippen molar-refractivity contribution >= 4 is 6.29 Å². The lowest BCUT2D eigenvalue weighted by Crippen LogP contribution is -1.90. The summed E-state index contributed by atoms with van der Waals surface area (Å²) in [7, 11) is 1.39. The van der Waals surface area contributed by atoms with Crippen molar-refractivity contribution in [3.63, 3.8) is 0 Å². The van der Waals surface area contributed by atoms with E-state index in [0.717, 1.165) is 0 Å². The number of ether oxygens (including phenoxy) is 1. The van der Waals surface area contributed by atoms with Gasteiger partial charge < -0.3 is 9.84 Å². The second-order valence-electron chi connectivity index (χ2n) is 3.24. The van der Waals surface area contributed by atoms with Gasteiger partial charge in [0.1, 0.15) is 6.29 Å². The second kappa shape index (κ2) is 6.84. The zero-order valence-electron chi connectivity index (χ0n) is 9.75. The van der Waals surface area contributed by atoms with Crippen molar-refractivity contribution < 1.29 is 14.6 Å². The zero-order valence-corrected chi connectivity index (χ0v) is 9.75. The first-order valence-electron chi connectivity index (χ1n) is 5.08. The van der Waals surface area contributed by atoms with Crippen LogP contribution in [-0.2, 0) is 0 Å². The van der Waals surface area contributed by atoms with Crippen molar-refractivity contribution in [2.24, 2.45) is 5.11 Å². The molecule has 6 nitrogen and oxygen atoms in total. The average Bonchev–Trinajstić information content (AvgIpc) is 2.40. The summed E-state index contributed by atoms with van der Waals surface area (Å²) in [6.45, 7) is 0.259. The molecule has 0 saturated heterocycles. The molecule has 1 aromatic carbocycles. The maximum atomic E-state index is 10.7. The van der Waals surface area contributed by atoms with Crippen LogP contribution in [0.25, 0.3) is 10.4 Å². The molecular weight excluding hydrogens is 234 g/mol. The Morgan fingerprint density at radius 2 is 2.39 bits per heavy atom. The molecule has 1 rings (SSSR count). The highest BCUT2D eigenvalue weighted by Crippen LogP contribution is 2.30. The Labute approximate surface area is 104 Å². The Balaban J connectivity index is 2.99. The van der Waals surface area contributed by atoms with E-state index in [4.69, 9.17) is 10.3 Å². The van der Waals surface area contributed by atoms with Gasteiger partial charge in [-0.15, -0.1) is 0 Å². The van der Waals surface area contributed by atoms with Crippen LogP contribution in [0, 0.1) is 11.8 Å². The maximum Gasteiger partial charge on any atom is 0.173 e. The van der Waals surface area contributed by atoms with Gasteiger partial charge in [0.2, 0.25) is 0 Å². The minimum Gasteiger partial charge on any atom is -0.503 e. The molecule has 18 heavy (non-hydrogen) atoms. The number of azide groups is 1. The number of aromatic hydroxyl groups is 1. The molecule has 0 unspecified atom stereocenters. The molecule has 0 aliphatic carbocycles. The SMILES string of the molecule is COc1cc(C=O)cc(C#CCCN=[N+]=[N-])c1O. The molecular formula is C12H11N3O3. The van der Waals surface area contributed by atoms with Crippen molar-refractivity contribution in [1.82, 2.24) is 0 Å². The first-order chi connectivity index (χ1) is 8.72. The number of nitrogens with zero attached hydrogens (tertiary/aromatic N) is 3. The first kappa shape index (κ1) is 13.4. The van der Waals surface area contributed by atoms with E-state index in [2.05, 4.69) is 21.9 Å². The summed E-state index contributed by atoms with van der Waals surface area (Å²) in [5, 5.41) is 13.1. The van der Waals surface area contributed by atoms with Crippen LogP contribution in [0.4, 0.5) is 0 Å². The summed E-state index contributed by atoms with van der Waals surface area (Å²) in [5.41, 5.74) is 8.75. The van der Waals surface area contributed by atoms with Crippen molar-refractivity contribution in [2.45, 2.75) is 6.42 Å². The molecule has 1 aromatic rings. The highest BCUT2D eigenvalue weighted by atomic mass is 16.5. The van der Waals surface area contributed by atoms with Crippen molar-refractivity contribution in [3.8, 4) is 23.3 Å². The van der Waals surface area contributed by atoms with Gasteiger partial charge in [-0.25, -0.2) is 0 Å².